The Hall–Kier alpha value is -3.32. The summed E-state index contributed by atoms with van der Waals surface area (Å²) in [7, 11) is 0. The SMILES string of the molecule is CCCCc1nc(-c2ccc(OCC(O)CNCC)cc2)cn1-c1ccc(Oc2ccc(Cl)cc2)cc1. The Kier molecular flexibility index (Phi) is 9.60. The number of aromatic nitrogens is 2. The van der Waals surface area contributed by atoms with Crippen molar-refractivity contribution in [2.45, 2.75) is 39.2 Å². The Labute approximate surface area is 223 Å². The van der Waals surface area contributed by atoms with Crippen molar-refractivity contribution in [3.63, 3.8) is 0 Å². The summed E-state index contributed by atoms with van der Waals surface area (Å²) in [6.45, 7) is 5.78. The molecule has 0 aliphatic heterocycles. The molecule has 4 aromatic rings. The van der Waals surface area contributed by atoms with Gasteiger partial charge >= 0.3 is 0 Å². The second-order valence-corrected chi connectivity index (χ2v) is 9.30. The zero-order valence-electron chi connectivity index (χ0n) is 21.4. The van der Waals surface area contributed by atoms with Gasteiger partial charge in [-0.15, -0.1) is 0 Å². The number of halogens is 1. The van der Waals surface area contributed by atoms with E-state index in [0.29, 0.717) is 11.6 Å². The molecule has 0 aliphatic carbocycles. The van der Waals surface area contributed by atoms with Crippen molar-refractivity contribution >= 4 is 11.6 Å². The van der Waals surface area contributed by atoms with E-state index in [2.05, 4.69) is 23.0 Å². The Balaban J connectivity index is 1.48. The lowest BCUT2D eigenvalue weighted by molar-refractivity contribution is 0.107. The molecule has 7 heteroatoms. The third-order valence-electron chi connectivity index (χ3n) is 5.92. The minimum Gasteiger partial charge on any atom is -0.491 e. The van der Waals surface area contributed by atoms with Crippen molar-refractivity contribution < 1.29 is 14.6 Å². The number of likely N-dealkylation sites (N-methyl/N-ethyl adjacent to an activating group) is 1. The number of nitrogens with one attached hydrogen (secondary N) is 1. The van der Waals surface area contributed by atoms with E-state index in [1.54, 1.807) is 0 Å². The summed E-state index contributed by atoms with van der Waals surface area (Å²) in [4.78, 5) is 4.96. The van der Waals surface area contributed by atoms with Crippen LogP contribution in [0.3, 0.4) is 0 Å². The van der Waals surface area contributed by atoms with E-state index in [9.17, 15) is 5.11 Å². The summed E-state index contributed by atoms with van der Waals surface area (Å²) < 4.78 is 13.8. The van der Waals surface area contributed by atoms with Gasteiger partial charge in [-0.05, 0) is 85.8 Å². The van der Waals surface area contributed by atoms with E-state index in [1.807, 2.05) is 79.7 Å². The standard InChI is InChI=1S/C30H34ClN3O3/c1-3-5-6-30-33-29(22-7-13-26(14-8-22)36-21-25(35)19-32-4-2)20-34(30)24-11-17-28(18-12-24)37-27-15-9-23(31)10-16-27/h7-18,20,25,32,35H,3-6,19,21H2,1-2H3. The van der Waals surface area contributed by atoms with Crippen molar-refractivity contribution in [1.29, 1.82) is 0 Å². The van der Waals surface area contributed by atoms with Crippen molar-refractivity contribution in [2.75, 3.05) is 19.7 Å². The molecule has 0 radical (unpaired) electrons. The maximum Gasteiger partial charge on any atom is 0.127 e. The number of unbranched alkanes of at least 4 members (excludes halogenated alkanes) is 1. The van der Waals surface area contributed by atoms with E-state index in [0.717, 1.165) is 65.8 Å². The highest BCUT2D eigenvalue weighted by Gasteiger charge is 2.12. The maximum atomic E-state index is 9.97. The van der Waals surface area contributed by atoms with E-state index < -0.39 is 6.10 Å². The monoisotopic (exact) mass is 519 g/mol. The molecule has 0 bridgehead atoms. The largest absolute Gasteiger partial charge is 0.491 e. The van der Waals surface area contributed by atoms with Crippen LogP contribution in [-0.4, -0.2) is 40.5 Å². The first-order chi connectivity index (χ1) is 18.1. The van der Waals surface area contributed by atoms with Crippen molar-refractivity contribution in [3.8, 4) is 34.2 Å². The highest BCUT2D eigenvalue weighted by atomic mass is 35.5. The molecule has 4 rings (SSSR count). The molecular formula is C30H34ClN3O3. The molecule has 1 unspecified atom stereocenters. The fourth-order valence-electron chi connectivity index (χ4n) is 3.89. The van der Waals surface area contributed by atoms with Crippen molar-refractivity contribution in [2.24, 2.45) is 0 Å². The van der Waals surface area contributed by atoms with Crippen LogP contribution in [-0.2, 0) is 6.42 Å². The minimum absolute atomic E-state index is 0.250. The van der Waals surface area contributed by atoms with Gasteiger partial charge in [0, 0.05) is 35.4 Å². The van der Waals surface area contributed by atoms with Crippen LogP contribution in [0.25, 0.3) is 16.9 Å². The second kappa shape index (κ2) is 13.3. The average Bonchev–Trinajstić information content (AvgIpc) is 3.35. The maximum absolute atomic E-state index is 9.97. The molecule has 0 amide bonds. The number of nitrogens with zero attached hydrogens (tertiary/aromatic N) is 2. The average molecular weight is 520 g/mol. The summed E-state index contributed by atoms with van der Waals surface area (Å²) in [5, 5.41) is 13.8. The van der Waals surface area contributed by atoms with Crippen LogP contribution in [0.5, 0.6) is 17.2 Å². The van der Waals surface area contributed by atoms with Gasteiger partial charge in [-0.3, -0.25) is 0 Å². The lowest BCUT2D eigenvalue weighted by Gasteiger charge is -2.12. The van der Waals surface area contributed by atoms with Gasteiger partial charge in [0.1, 0.15) is 35.8 Å². The number of ether oxygens (including phenoxy) is 2. The molecule has 1 aromatic heterocycles. The highest BCUT2D eigenvalue weighted by Crippen LogP contribution is 2.27. The topological polar surface area (TPSA) is 68.5 Å². The number of hydrogen-bond acceptors (Lipinski definition) is 5. The Morgan fingerprint density at radius 1 is 0.919 bits per heavy atom. The minimum atomic E-state index is -0.542. The fourth-order valence-corrected chi connectivity index (χ4v) is 4.02. The first-order valence-electron chi connectivity index (χ1n) is 12.8. The number of rotatable bonds is 13. The fraction of sp³-hybridized carbons (Fsp3) is 0.300. The van der Waals surface area contributed by atoms with Gasteiger partial charge in [0.05, 0.1) is 5.69 Å². The molecule has 2 N–H and O–H groups in total. The van der Waals surface area contributed by atoms with Gasteiger partial charge in [0.2, 0.25) is 0 Å². The summed E-state index contributed by atoms with van der Waals surface area (Å²) >= 11 is 5.97. The number of imidazole rings is 1. The Morgan fingerprint density at radius 2 is 1.57 bits per heavy atom. The molecule has 0 aliphatic rings. The summed E-state index contributed by atoms with van der Waals surface area (Å²) in [6.07, 6.45) is 4.60. The van der Waals surface area contributed by atoms with Gasteiger partial charge < -0.3 is 24.5 Å². The third kappa shape index (κ3) is 7.59. The molecule has 194 valence electrons. The van der Waals surface area contributed by atoms with E-state index in [1.165, 1.54) is 0 Å². The smallest absolute Gasteiger partial charge is 0.127 e. The molecule has 3 aromatic carbocycles. The van der Waals surface area contributed by atoms with Gasteiger partial charge in [-0.1, -0.05) is 31.9 Å². The van der Waals surface area contributed by atoms with Crippen LogP contribution in [0.4, 0.5) is 0 Å². The summed E-state index contributed by atoms with van der Waals surface area (Å²) in [5.41, 5.74) is 2.95. The lowest BCUT2D eigenvalue weighted by atomic mass is 10.1. The molecule has 6 nitrogen and oxygen atoms in total. The van der Waals surface area contributed by atoms with Crippen molar-refractivity contribution in [3.05, 3.63) is 89.8 Å². The molecule has 0 saturated heterocycles. The number of aliphatic hydroxyl groups excluding tert-OH is 1. The van der Waals surface area contributed by atoms with Gasteiger partial charge in [0.25, 0.3) is 0 Å². The first kappa shape index (κ1) is 26.7. The highest BCUT2D eigenvalue weighted by molar-refractivity contribution is 6.30. The Bertz CT molecular complexity index is 1240. The lowest BCUT2D eigenvalue weighted by Crippen LogP contribution is -2.31. The predicted molar refractivity (Wildman–Crippen MR) is 149 cm³/mol. The summed E-state index contributed by atoms with van der Waals surface area (Å²) in [5.74, 6) is 3.24. The Morgan fingerprint density at radius 3 is 2.22 bits per heavy atom. The van der Waals surface area contributed by atoms with E-state index in [4.69, 9.17) is 26.1 Å². The molecule has 1 atom stereocenters. The molecular weight excluding hydrogens is 486 g/mol. The van der Waals surface area contributed by atoms with Crippen LogP contribution in [0.2, 0.25) is 5.02 Å². The summed E-state index contributed by atoms with van der Waals surface area (Å²) in [6, 6.07) is 23.2. The van der Waals surface area contributed by atoms with Crippen LogP contribution in [0, 0.1) is 0 Å². The zero-order chi connectivity index (χ0) is 26.0. The van der Waals surface area contributed by atoms with Crippen LogP contribution in [0.15, 0.2) is 79.0 Å². The van der Waals surface area contributed by atoms with E-state index in [-0.39, 0.29) is 6.61 Å². The third-order valence-corrected chi connectivity index (χ3v) is 6.17. The molecule has 0 saturated carbocycles. The van der Waals surface area contributed by atoms with Crippen LogP contribution in [0.1, 0.15) is 32.5 Å². The molecule has 0 spiro atoms. The quantitative estimate of drug-likeness (QED) is 0.206. The number of aliphatic hydroxyl groups is 1. The number of benzene rings is 3. The molecule has 0 fully saturated rings. The van der Waals surface area contributed by atoms with Crippen LogP contribution >= 0.6 is 11.6 Å². The first-order valence-corrected chi connectivity index (χ1v) is 13.2. The van der Waals surface area contributed by atoms with Crippen molar-refractivity contribution in [1.82, 2.24) is 14.9 Å². The normalized spacial score (nSPS) is 11.9. The zero-order valence-corrected chi connectivity index (χ0v) is 22.1. The molecule has 37 heavy (non-hydrogen) atoms. The van der Waals surface area contributed by atoms with Crippen LogP contribution < -0.4 is 14.8 Å². The van der Waals surface area contributed by atoms with E-state index >= 15 is 0 Å². The van der Waals surface area contributed by atoms with Gasteiger partial charge in [-0.2, -0.15) is 0 Å². The van der Waals surface area contributed by atoms with Gasteiger partial charge in [-0.25, -0.2) is 4.98 Å². The predicted octanol–water partition coefficient (Wildman–Crippen LogP) is 6.68. The number of hydrogen-bond donors (Lipinski definition) is 2. The number of aryl methyl sites for hydroxylation is 1. The molecule has 1 heterocycles. The second-order valence-electron chi connectivity index (χ2n) is 8.86. The van der Waals surface area contributed by atoms with Gasteiger partial charge in [0.15, 0.2) is 0 Å².